The lowest BCUT2D eigenvalue weighted by Crippen LogP contribution is -2.22. The lowest BCUT2D eigenvalue weighted by atomic mass is 10.0. The van der Waals surface area contributed by atoms with Crippen LogP contribution in [0.3, 0.4) is 0 Å². The minimum absolute atomic E-state index is 0.176. The van der Waals surface area contributed by atoms with Crippen LogP contribution in [0.2, 0.25) is 0 Å². The molecule has 0 aromatic carbocycles. The molecule has 0 amide bonds. The number of hydrogen-bond acceptors (Lipinski definition) is 4. The van der Waals surface area contributed by atoms with E-state index in [1.165, 1.54) is 11.1 Å². The number of allylic oxidation sites excluding steroid dienone is 5. The van der Waals surface area contributed by atoms with Gasteiger partial charge in [0.2, 0.25) is 0 Å². The lowest BCUT2D eigenvalue weighted by Gasteiger charge is -2.16. The van der Waals surface area contributed by atoms with Crippen molar-refractivity contribution in [3.05, 3.63) is 34.9 Å². The SMILES string of the molecule is CC(C)=CCCC(C)=CCCC(C)=CC(O)CCC(P(=O)(O)O)S(=O)(=O)O. The summed E-state index contributed by atoms with van der Waals surface area (Å²) in [6.45, 7) is 8.04. The summed E-state index contributed by atoms with van der Waals surface area (Å²) < 4.78 is 42.3. The third-order valence-electron chi connectivity index (χ3n) is 4.03. The van der Waals surface area contributed by atoms with E-state index in [1.807, 2.05) is 6.92 Å². The van der Waals surface area contributed by atoms with Crippen LogP contribution in [0.15, 0.2) is 34.9 Å². The van der Waals surface area contributed by atoms with Crippen LogP contribution < -0.4 is 0 Å². The summed E-state index contributed by atoms with van der Waals surface area (Å²) in [6.07, 6.45) is 7.67. The molecule has 0 aliphatic rings. The highest BCUT2D eigenvalue weighted by atomic mass is 32.2. The van der Waals surface area contributed by atoms with Crippen molar-refractivity contribution in [2.24, 2.45) is 0 Å². The minimum Gasteiger partial charge on any atom is -0.389 e. The zero-order valence-corrected chi connectivity index (χ0v) is 18.2. The molecule has 0 aromatic rings. The first-order chi connectivity index (χ1) is 12.2. The zero-order chi connectivity index (χ0) is 21.3. The van der Waals surface area contributed by atoms with Gasteiger partial charge in [-0.1, -0.05) is 34.9 Å². The predicted octanol–water partition coefficient (Wildman–Crippen LogP) is 3.94. The molecule has 2 atom stereocenters. The maximum atomic E-state index is 11.2. The van der Waals surface area contributed by atoms with Crippen molar-refractivity contribution in [1.82, 2.24) is 0 Å². The van der Waals surface area contributed by atoms with Crippen molar-refractivity contribution in [2.45, 2.75) is 77.3 Å². The Kier molecular flexibility index (Phi) is 11.6. The largest absolute Gasteiger partial charge is 0.389 e. The van der Waals surface area contributed by atoms with Gasteiger partial charge in [0.1, 0.15) is 0 Å². The van der Waals surface area contributed by atoms with Gasteiger partial charge in [-0.25, -0.2) is 0 Å². The summed E-state index contributed by atoms with van der Waals surface area (Å²) in [5.41, 5.74) is 3.49. The van der Waals surface area contributed by atoms with Crippen molar-refractivity contribution < 1.29 is 32.4 Å². The smallest absolute Gasteiger partial charge is 0.346 e. The molecule has 0 radical (unpaired) electrons. The fraction of sp³-hybridized carbons (Fsp3) is 0.667. The Balaban J connectivity index is 4.53. The molecule has 0 bridgehead atoms. The normalized spacial score (nSPS) is 16.1. The Hall–Kier alpha value is -0.760. The summed E-state index contributed by atoms with van der Waals surface area (Å²) in [6, 6.07) is 0. The fourth-order valence-electron chi connectivity index (χ4n) is 2.54. The van der Waals surface area contributed by atoms with Gasteiger partial charge in [-0.2, -0.15) is 8.42 Å². The standard InChI is InChI=1S/C18H33O7PS/c1-14(2)7-5-8-15(3)9-6-10-16(4)13-17(19)11-12-18(26(20,21)22)27(23,24)25/h7,9,13,17-19H,5-6,8,10-12H2,1-4H3,(H2,20,21,22)(H,23,24,25). The molecule has 0 rings (SSSR count). The highest BCUT2D eigenvalue weighted by Gasteiger charge is 2.39. The molecule has 0 spiro atoms. The molecule has 9 heteroatoms. The molecule has 27 heavy (non-hydrogen) atoms. The molecular weight excluding hydrogens is 391 g/mol. The summed E-state index contributed by atoms with van der Waals surface area (Å²) in [4.78, 5) is 15.9. The van der Waals surface area contributed by atoms with Crippen LogP contribution in [-0.2, 0) is 14.7 Å². The van der Waals surface area contributed by atoms with Crippen molar-refractivity contribution in [1.29, 1.82) is 0 Å². The van der Waals surface area contributed by atoms with E-state index in [1.54, 1.807) is 6.08 Å². The molecule has 158 valence electrons. The van der Waals surface area contributed by atoms with Gasteiger partial charge in [-0.05, 0) is 66.2 Å². The number of rotatable bonds is 12. The van der Waals surface area contributed by atoms with E-state index < -0.39 is 35.2 Å². The molecule has 0 fully saturated rings. The fourth-order valence-corrected chi connectivity index (χ4v) is 4.84. The summed E-state index contributed by atoms with van der Waals surface area (Å²) in [5.74, 6) is 0. The Morgan fingerprint density at radius 3 is 1.96 bits per heavy atom. The van der Waals surface area contributed by atoms with E-state index >= 15 is 0 Å². The second-order valence-electron chi connectivity index (χ2n) is 7.13. The molecular formula is C18H33O7PS. The molecule has 0 saturated heterocycles. The first-order valence-corrected chi connectivity index (χ1v) is 12.1. The van der Waals surface area contributed by atoms with Gasteiger partial charge >= 0.3 is 7.60 Å². The van der Waals surface area contributed by atoms with Gasteiger partial charge in [-0.15, -0.1) is 0 Å². The second-order valence-corrected chi connectivity index (χ2v) is 10.9. The van der Waals surface area contributed by atoms with E-state index in [-0.39, 0.29) is 6.42 Å². The van der Waals surface area contributed by atoms with E-state index in [0.717, 1.165) is 31.3 Å². The Morgan fingerprint density at radius 1 is 0.963 bits per heavy atom. The number of aliphatic hydroxyl groups is 1. The first kappa shape index (κ1) is 26.2. The van der Waals surface area contributed by atoms with Crippen molar-refractivity contribution in [2.75, 3.05) is 0 Å². The van der Waals surface area contributed by atoms with Crippen LogP contribution in [0.25, 0.3) is 0 Å². The maximum absolute atomic E-state index is 11.2. The van der Waals surface area contributed by atoms with Gasteiger partial charge in [0.25, 0.3) is 10.1 Å². The van der Waals surface area contributed by atoms with Gasteiger partial charge in [0.05, 0.1) is 6.10 Å². The number of hydrogen-bond donors (Lipinski definition) is 4. The Labute approximate surface area is 162 Å². The van der Waals surface area contributed by atoms with Gasteiger partial charge in [0.15, 0.2) is 4.99 Å². The summed E-state index contributed by atoms with van der Waals surface area (Å²) in [7, 11) is -9.90. The van der Waals surface area contributed by atoms with Crippen LogP contribution in [0, 0.1) is 0 Å². The summed E-state index contributed by atoms with van der Waals surface area (Å²) >= 11 is 0. The van der Waals surface area contributed by atoms with Crippen LogP contribution >= 0.6 is 7.60 Å². The highest BCUT2D eigenvalue weighted by Crippen LogP contribution is 2.46. The maximum Gasteiger partial charge on any atom is 0.346 e. The van der Waals surface area contributed by atoms with Crippen molar-refractivity contribution >= 4 is 17.7 Å². The third-order valence-corrected chi connectivity index (χ3v) is 7.58. The van der Waals surface area contributed by atoms with Gasteiger partial charge in [0, 0.05) is 0 Å². The Bertz CT molecular complexity index is 697. The van der Waals surface area contributed by atoms with E-state index in [9.17, 15) is 18.1 Å². The molecule has 0 aromatic heterocycles. The summed E-state index contributed by atoms with van der Waals surface area (Å²) in [5, 5.41) is 9.95. The predicted molar refractivity (Wildman–Crippen MR) is 108 cm³/mol. The number of aliphatic hydroxyl groups excluding tert-OH is 1. The molecule has 0 aliphatic heterocycles. The van der Waals surface area contributed by atoms with Crippen LogP contribution in [0.1, 0.15) is 66.2 Å². The van der Waals surface area contributed by atoms with E-state index in [0.29, 0.717) is 0 Å². The van der Waals surface area contributed by atoms with Crippen LogP contribution in [0.5, 0.6) is 0 Å². The molecule has 0 saturated carbocycles. The molecule has 2 unspecified atom stereocenters. The quantitative estimate of drug-likeness (QED) is 0.212. The average Bonchev–Trinajstić information content (AvgIpc) is 2.43. The van der Waals surface area contributed by atoms with Crippen molar-refractivity contribution in [3.63, 3.8) is 0 Å². The van der Waals surface area contributed by atoms with E-state index in [2.05, 4.69) is 32.9 Å². The van der Waals surface area contributed by atoms with Gasteiger partial charge in [-0.3, -0.25) is 9.12 Å². The second kappa shape index (κ2) is 11.9. The first-order valence-electron chi connectivity index (χ1n) is 8.89. The molecule has 0 aliphatic carbocycles. The van der Waals surface area contributed by atoms with Gasteiger partial charge < -0.3 is 14.9 Å². The topological polar surface area (TPSA) is 132 Å². The average molecular weight is 424 g/mol. The monoisotopic (exact) mass is 424 g/mol. The van der Waals surface area contributed by atoms with Crippen LogP contribution in [-0.4, -0.2) is 39.0 Å². The molecule has 4 N–H and O–H groups in total. The molecule has 7 nitrogen and oxygen atoms in total. The van der Waals surface area contributed by atoms with E-state index in [4.69, 9.17) is 14.3 Å². The van der Waals surface area contributed by atoms with Crippen molar-refractivity contribution in [3.8, 4) is 0 Å². The zero-order valence-electron chi connectivity index (χ0n) is 16.5. The van der Waals surface area contributed by atoms with Crippen LogP contribution in [0.4, 0.5) is 0 Å². The minimum atomic E-state index is -5.01. The Morgan fingerprint density at radius 2 is 1.48 bits per heavy atom. The molecule has 0 heterocycles. The third kappa shape index (κ3) is 13.1. The highest BCUT2D eigenvalue weighted by molar-refractivity contribution is 7.93. The lowest BCUT2D eigenvalue weighted by molar-refractivity contribution is 0.208.